The molecule has 1 unspecified atom stereocenters. The number of nitrogens with zero attached hydrogens (tertiary/aromatic N) is 5. The summed E-state index contributed by atoms with van der Waals surface area (Å²) in [5.41, 5.74) is 1.60. The summed E-state index contributed by atoms with van der Waals surface area (Å²) in [6.45, 7) is 4.99. The van der Waals surface area contributed by atoms with E-state index in [1.807, 2.05) is 29.1 Å². The van der Waals surface area contributed by atoms with Crippen molar-refractivity contribution in [2.24, 2.45) is 11.8 Å². The van der Waals surface area contributed by atoms with Crippen molar-refractivity contribution in [3.05, 3.63) is 30.6 Å². The zero-order chi connectivity index (χ0) is 20.2. The molecule has 3 fully saturated rings. The molecular weight excluding hydrogens is 370 g/mol. The lowest BCUT2D eigenvalue weighted by Gasteiger charge is -2.49. The molecular formula is C20H27N7O2. The SMILES string of the molecule is CC(=O)NCCNC(=O)[C@H]1CN2CC[C@H]1C[C@@H]2Cn1cc(-c2ccccn2)nn1. The number of aromatic nitrogens is 4. The predicted molar refractivity (Wildman–Crippen MR) is 107 cm³/mol. The minimum atomic E-state index is -0.0794. The molecule has 2 N–H and O–H groups in total. The Hall–Kier alpha value is -2.81. The van der Waals surface area contributed by atoms with Crippen LogP contribution < -0.4 is 10.6 Å². The molecule has 2 amide bonds. The molecule has 154 valence electrons. The summed E-state index contributed by atoms with van der Waals surface area (Å²) in [5.74, 6) is 0.438. The second-order valence-electron chi connectivity index (χ2n) is 7.85. The van der Waals surface area contributed by atoms with Crippen molar-refractivity contribution in [2.75, 3.05) is 26.2 Å². The van der Waals surface area contributed by atoms with Crippen LogP contribution in [0.3, 0.4) is 0 Å². The highest BCUT2D eigenvalue weighted by molar-refractivity contribution is 5.79. The number of nitrogens with one attached hydrogen (secondary N) is 2. The van der Waals surface area contributed by atoms with Crippen molar-refractivity contribution in [3.8, 4) is 11.4 Å². The van der Waals surface area contributed by atoms with E-state index in [0.717, 1.165) is 43.9 Å². The molecule has 0 saturated carbocycles. The first-order chi connectivity index (χ1) is 14.1. The van der Waals surface area contributed by atoms with Gasteiger partial charge >= 0.3 is 0 Å². The molecule has 3 aliphatic rings. The van der Waals surface area contributed by atoms with Crippen molar-refractivity contribution >= 4 is 11.8 Å². The molecule has 0 aromatic carbocycles. The van der Waals surface area contributed by atoms with Gasteiger partial charge in [-0.3, -0.25) is 24.2 Å². The molecule has 3 saturated heterocycles. The summed E-state index contributed by atoms with van der Waals surface area (Å²) in [5, 5.41) is 14.2. The lowest BCUT2D eigenvalue weighted by molar-refractivity contribution is -0.133. The highest BCUT2D eigenvalue weighted by Gasteiger charge is 2.43. The van der Waals surface area contributed by atoms with Gasteiger partial charge in [-0.25, -0.2) is 0 Å². The number of carbonyl (C=O) groups is 2. The van der Waals surface area contributed by atoms with Crippen molar-refractivity contribution in [1.29, 1.82) is 0 Å². The van der Waals surface area contributed by atoms with Gasteiger partial charge in [0, 0.05) is 38.8 Å². The zero-order valence-electron chi connectivity index (χ0n) is 16.6. The standard InChI is InChI=1S/C20H27N7O2/c1-14(28)21-7-8-23-20(29)17-12-26-9-5-15(17)10-16(26)11-27-13-19(24-25-27)18-4-2-3-6-22-18/h2-4,6,13,15-17H,5,7-12H2,1H3,(H,21,28)(H,23,29)/t15-,16+,17-/m0/s1. The summed E-state index contributed by atoms with van der Waals surface area (Å²) in [7, 11) is 0. The quantitative estimate of drug-likeness (QED) is 0.651. The zero-order valence-corrected chi connectivity index (χ0v) is 16.6. The lowest BCUT2D eigenvalue weighted by Crippen LogP contribution is -2.58. The first kappa shape index (κ1) is 19.5. The van der Waals surface area contributed by atoms with Crippen LogP contribution in [-0.4, -0.2) is 68.9 Å². The van der Waals surface area contributed by atoms with E-state index in [1.54, 1.807) is 6.20 Å². The maximum absolute atomic E-state index is 12.6. The summed E-state index contributed by atoms with van der Waals surface area (Å²) in [4.78, 5) is 30.2. The third-order valence-corrected chi connectivity index (χ3v) is 5.88. The van der Waals surface area contributed by atoms with E-state index < -0.39 is 0 Å². The second-order valence-corrected chi connectivity index (χ2v) is 7.85. The number of fused-ring (bicyclic) bond motifs is 3. The second kappa shape index (κ2) is 8.69. The van der Waals surface area contributed by atoms with Crippen LogP contribution in [0.25, 0.3) is 11.4 Å². The summed E-state index contributed by atoms with van der Waals surface area (Å²) in [6, 6.07) is 6.12. The Morgan fingerprint density at radius 3 is 2.79 bits per heavy atom. The van der Waals surface area contributed by atoms with Gasteiger partial charge in [0.05, 0.1) is 24.4 Å². The van der Waals surface area contributed by atoms with E-state index >= 15 is 0 Å². The van der Waals surface area contributed by atoms with Crippen molar-refractivity contribution in [1.82, 2.24) is 35.5 Å². The van der Waals surface area contributed by atoms with E-state index in [2.05, 4.69) is 30.8 Å². The van der Waals surface area contributed by atoms with Crippen molar-refractivity contribution < 1.29 is 9.59 Å². The van der Waals surface area contributed by atoms with E-state index in [1.165, 1.54) is 6.92 Å². The fourth-order valence-corrected chi connectivity index (χ4v) is 4.42. The average Bonchev–Trinajstić information content (AvgIpc) is 3.20. The minimum absolute atomic E-state index is 0.0251. The molecule has 2 bridgehead atoms. The number of hydrogen-bond donors (Lipinski definition) is 2. The molecule has 2 aromatic rings. The van der Waals surface area contributed by atoms with Gasteiger partial charge in [-0.2, -0.15) is 0 Å². The van der Waals surface area contributed by atoms with Gasteiger partial charge in [0.15, 0.2) is 0 Å². The maximum atomic E-state index is 12.6. The fraction of sp³-hybridized carbons (Fsp3) is 0.550. The van der Waals surface area contributed by atoms with Gasteiger partial charge in [0.1, 0.15) is 5.69 Å². The summed E-state index contributed by atoms with van der Waals surface area (Å²) >= 11 is 0. The molecule has 2 aromatic heterocycles. The number of amides is 2. The maximum Gasteiger partial charge on any atom is 0.224 e. The Labute approximate surface area is 169 Å². The molecule has 9 heteroatoms. The van der Waals surface area contributed by atoms with E-state index in [0.29, 0.717) is 25.0 Å². The van der Waals surface area contributed by atoms with Crippen molar-refractivity contribution in [2.45, 2.75) is 32.4 Å². The molecule has 4 atom stereocenters. The normalized spacial score (nSPS) is 25.6. The first-order valence-corrected chi connectivity index (χ1v) is 10.2. The van der Waals surface area contributed by atoms with Crippen LogP contribution in [0.4, 0.5) is 0 Å². The topological polar surface area (TPSA) is 105 Å². The van der Waals surface area contributed by atoms with Gasteiger partial charge in [-0.15, -0.1) is 5.10 Å². The molecule has 0 spiro atoms. The molecule has 5 rings (SSSR count). The van der Waals surface area contributed by atoms with Crippen LogP contribution in [0, 0.1) is 11.8 Å². The predicted octanol–water partition coefficient (Wildman–Crippen LogP) is 0.303. The number of pyridine rings is 1. The van der Waals surface area contributed by atoms with Gasteiger partial charge in [-0.1, -0.05) is 11.3 Å². The Morgan fingerprint density at radius 1 is 1.21 bits per heavy atom. The van der Waals surface area contributed by atoms with E-state index in [-0.39, 0.29) is 17.7 Å². The summed E-state index contributed by atoms with van der Waals surface area (Å²) in [6.07, 6.45) is 5.73. The Kier molecular flexibility index (Phi) is 5.84. The Morgan fingerprint density at radius 2 is 2.07 bits per heavy atom. The van der Waals surface area contributed by atoms with Gasteiger partial charge in [0.2, 0.25) is 11.8 Å². The third-order valence-electron chi connectivity index (χ3n) is 5.88. The van der Waals surface area contributed by atoms with Crippen LogP contribution in [0.15, 0.2) is 30.6 Å². The van der Waals surface area contributed by atoms with Crippen molar-refractivity contribution in [3.63, 3.8) is 0 Å². The number of piperidine rings is 3. The third kappa shape index (κ3) is 4.61. The highest BCUT2D eigenvalue weighted by Crippen LogP contribution is 2.37. The number of hydrogen-bond acceptors (Lipinski definition) is 6. The fourth-order valence-electron chi connectivity index (χ4n) is 4.42. The van der Waals surface area contributed by atoms with E-state index in [9.17, 15) is 9.59 Å². The van der Waals surface area contributed by atoms with Gasteiger partial charge in [0.25, 0.3) is 0 Å². The average molecular weight is 397 g/mol. The van der Waals surface area contributed by atoms with Crippen LogP contribution in [0.5, 0.6) is 0 Å². The summed E-state index contributed by atoms with van der Waals surface area (Å²) < 4.78 is 1.89. The molecule has 9 nitrogen and oxygen atoms in total. The number of carbonyl (C=O) groups excluding carboxylic acids is 2. The first-order valence-electron chi connectivity index (χ1n) is 10.2. The number of rotatable bonds is 7. The monoisotopic (exact) mass is 397 g/mol. The largest absolute Gasteiger partial charge is 0.355 e. The molecule has 29 heavy (non-hydrogen) atoms. The van der Waals surface area contributed by atoms with Gasteiger partial charge in [-0.05, 0) is 37.4 Å². The smallest absolute Gasteiger partial charge is 0.224 e. The molecule has 0 aliphatic carbocycles. The molecule has 5 heterocycles. The van der Waals surface area contributed by atoms with Crippen LogP contribution in [0.1, 0.15) is 19.8 Å². The minimum Gasteiger partial charge on any atom is -0.355 e. The Balaban J connectivity index is 1.31. The Bertz CT molecular complexity index is 854. The van der Waals surface area contributed by atoms with Crippen LogP contribution in [0.2, 0.25) is 0 Å². The van der Waals surface area contributed by atoms with Crippen LogP contribution in [-0.2, 0) is 16.1 Å². The highest BCUT2D eigenvalue weighted by atomic mass is 16.2. The van der Waals surface area contributed by atoms with Crippen LogP contribution >= 0.6 is 0 Å². The van der Waals surface area contributed by atoms with E-state index in [4.69, 9.17) is 0 Å². The van der Waals surface area contributed by atoms with Gasteiger partial charge < -0.3 is 10.6 Å². The molecule has 3 aliphatic heterocycles. The molecule has 0 radical (unpaired) electrons. The lowest BCUT2D eigenvalue weighted by atomic mass is 9.75.